The smallest absolute Gasteiger partial charge is 0.226 e. The van der Waals surface area contributed by atoms with Crippen molar-refractivity contribution >= 4 is 11.7 Å². The zero-order valence-electron chi connectivity index (χ0n) is 10.7. The molecule has 0 aliphatic carbocycles. The summed E-state index contributed by atoms with van der Waals surface area (Å²) in [6.07, 6.45) is 2.20. The van der Waals surface area contributed by atoms with E-state index in [4.69, 9.17) is 4.74 Å². The van der Waals surface area contributed by atoms with Crippen molar-refractivity contribution in [3.8, 4) is 0 Å². The van der Waals surface area contributed by atoms with Gasteiger partial charge in [-0.25, -0.2) is 4.98 Å². The van der Waals surface area contributed by atoms with E-state index in [2.05, 4.69) is 15.2 Å². The Hall–Kier alpha value is -1.46. The van der Waals surface area contributed by atoms with Gasteiger partial charge in [0.1, 0.15) is 5.82 Å². The van der Waals surface area contributed by atoms with Crippen molar-refractivity contribution in [1.82, 2.24) is 9.88 Å². The van der Waals surface area contributed by atoms with Crippen LogP contribution in [0, 0.1) is 6.92 Å². The van der Waals surface area contributed by atoms with Crippen molar-refractivity contribution in [2.24, 2.45) is 0 Å². The predicted molar refractivity (Wildman–Crippen MR) is 69.5 cm³/mol. The van der Waals surface area contributed by atoms with Crippen molar-refractivity contribution < 1.29 is 9.53 Å². The van der Waals surface area contributed by atoms with Gasteiger partial charge in [0.15, 0.2) is 0 Å². The van der Waals surface area contributed by atoms with Crippen LogP contribution in [0.4, 0.5) is 5.82 Å². The number of nitrogens with zero attached hydrogens (tertiary/aromatic N) is 2. The molecule has 2 heterocycles. The molecule has 18 heavy (non-hydrogen) atoms. The highest BCUT2D eigenvalue weighted by Crippen LogP contribution is 2.06. The lowest BCUT2D eigenvalue weighted by molar-refractivity contribution is -0.116. The summed E-state index contributed by atoms with van der Waals surface area (Å²) in [5, 5.41) is 2.81. The van der Waals surface area contributed by atoms with Crippen molar-refractivity contribution in [3.63, 3.8) is 0 Å². The molecular formula is C13H19N3O2. The van der Waals surface area contributed by atoms with E-state index in [-0.39, 0.29) is 5.91 Å². The van der Waals surface area contributed by atoms with E-state index < -0.39 is 0 Å². The Morgan fingerprint density at radius 3 is 3.00 bits per heavy atom. The van der Waals surface area contributed by atoms with Gasteiger partial charge in [0.2, 0.25) is 5.91 Å². The Labute approximate surface area is 107 Å². The molecule has 1 aromatic heterocycles. The normalized spacial score (nSPS) is 16.5. The Balaban J connectivity index is 1.74. The highest BCUT2D eigenvalue weighted by molar-refractivity contribution is 5.89. The molecule has 1 amide bonds. The van der Waals surface area contributed by atoms with E-state index in [0.717, 1.165) is 38.4 Å². The average Bonchev–Trinajstić information content (AvgIpc) is 2.38. The molecule has 0 unspecified atom stereocenters. The summed E-state index contributed by atoms with van der Waals surface area (Å²) < 4.78 is 5.26. The van der Waals surface area contributed by atoms with Gasteiger partial charge in [0.25, 0.3) is 0 Å². The molecule has 1 fully saturated rings. The number of hydrogen-bond donors (Lipinski definition) is 1. The lowest BCUT2D eigenvalue weighted by atomic mass is 10.3. The zero-order valence-corrected chi connectivity index (χ0v) is 10.7. The molecule has 98 valence electrons. The van der Waals surface area contributed by atoms with Crippen LogP contribution in [0.5, 0.6) is 0 Å². The quantitative estimate of drug-likeness (QED) is 0.866. The van der Waals surface area contributed by atoms with Crippen molar-refractivity contribution in [3.05, 3.63) is 23.9 Å². The first kappa shape index (κ1) is 13.0. The number of hydrogen-bond acceptors (Lipinski definition) is 4. The van der Waals surface area contributed by atoms with E-state index >= 15 is 0 Å². The SMILES string of the molecule is Cc1ccnc(NC(=O)CCN2CCOCC2)c1. The third-order valence-electron chi connectivity index (χ3n) is 2.94. The maximum Gasteiger partial charge on any atom is 0.226 e. The lowest BCUT2D eigenvalue weighted by Crippen LogP contribution is -2.38. The molecule has 1 aromatic rings. The largest absolute Gasteiger partial charge is 0.379 e. The van der Waals surface area contributed by atoms with E-state index in [1.54, 1.807) is 6.20 Å². The maximum absolute atomic E-state index is 11.8. The standard InChI is InChI=1S/C13H19N3O2/c1-11-2-4-14-12(10-11)15-13(17)3-5-16-6-8-18-9-7-16/h2,4,10H,3,5-9H2,1H3,(H,14,15,17). The molecule has 5 nitrogen and oxygen atoms in total. The summed E-state index contributed by atoms with van der Waals surface area (Å²) >= 11 is 0. The Morgan fingerprint density at radius 1 is 1.50 bits per heavy atom. The summed E-state index contributed by atoms with van der Waals surface area (Å²) in [5.41, 5.74) is 1.09. The number of nitrogens with one attached hydrogen (secondary N) is 1. The Kier molecular flexibility index (Phi) is 4.66. The molecule has 0 atom stereocenters. The summed E-state index contributed by atoms with van der Waals surface area (Å²) in [6, 6.07) is 3.77. The fourth-order valence-corrected chi connectivity index (χ4v) is 1.89. The highest BCUT2D eigenvalue weighted by Gasteiger charge is 2.12. The summed E-state index contributed by atoms with van der Waals surface area (Å²) in [5.74, 6) is 0.640. The topological polar surface area (TPSA) is 54.5 Å². The van der Waals surface area contributed by atoms with E-state index in [1.807, 2.05) is 19.1 Å². The van der Waals surface area contributed by atoms with Gasteiger partial charge in [-0.05, 0) is 24.6 Å². The molecule has 1 N–H and O–H groups in total. The predicted octanol–water partition coefficient (Wildman–Crippen LogP) is 1.05. The molecule has 1 aliphatic heterocycles. The number of aromatic nitrogens is 1. The Bertz CT molecular complexity index is 403. The first-order valence-electron chi connectivity index (χ1n) is 6.26. The van der Waals surface area contributed by atoms with Crippen LogP contribution in [-0.2, 0) is 9.53 Å². The van der Waals surface area contributed by atoms with Crippen LogP contribution in [0.3, 0.4) is 0 Å². The van der Waals surface area contributed by atoms with Crippen LogP contribution in [0.1, 0.15) is 12.0 Å². The Morgan fingerprint density at radius 2 is 2.28 bits per heavy atom. The van der Waals surface area contributed by atoms with Crippen molar-refractivity contribution in [2.75, 3.05) is 38.2 Å². The fraction of sp³-hybridized carbons (Fsp3) is 0.538. The zero-order chi connectivity index (χ0) is 12.8. The number of aryl methyl sites for hydroxylation is 1. The monoisotopic (exact) mass is 249 g/mol. The number of amides is 1. The molecule has 1 aliphatic rings. The minimum absolute atomic E-state index is 0.0135. The third-order valence-corrected chi connectivity index (χ3v) is 2.94. The highest BCUT2D eigenvalue weighted by atomic mass is 16.5. The van der Waals surface area contributed by atoms with Crippen LogP contribution in [0.25, 0.3) is 0 Å². The van der Waals surface area contributed by atoms with Crippen LogP contribution in [0.2, 0.25) is 0 Å². The van der Waals surface area contributed by atoms with Gasteiger partial charge in [-0.3, -0.25) is 9.69 Å². The van der Waals surface area contributed by atoms with Crippen molar-refractivity contribution in [1.29, 1.82) is 0 Å². The number of carbonyl (C=O) groups is 1. The number of pyridine rings is 1. The second kappa shape index (κ2) is 6.47. The number of carbonyl (C=O) groups excluding carboxylic acids is 1. The van der Waals surface area contributed by atoms with Gasteiger partial charge < -0.3 is 10.1 Å². The molecule has 0 saturated carbocycles. The summed E-state index contributed by atoms with van der Waals surface area (Å²) in [7, 11) is 0. The average molecular weight is 249 g/mol. The molecule has 2 rings (SSSR count). The molecular weight excluding hydrogens is 230 g/mol. The van der Waals surface area contributed by atoms with Crippen LogP contribution < -0.4 is 5.32 Å². The molecule has 0 radical (unpaired) electrons. The van der Waals surface area contributed by atoms with E-state index in [1.165, 1.54) is 0 Å². The van der Waals surface area contributed by atoms with Gasteiger partial charge in [0, 0.05) is 32.3 Å². The lowest BCUT2D eigenvalue weighted by Gasteiger charge is -2.26. The number of ether oxygens (including phenoxy) is 1. The molecule has 0 bridgehead atoms. The van der Waals surface area contributed by atoms with Gasteiger partial charge in [-0.15, -0.1) is 0 Å². The molecule has 0 aromatic carbocycles. The van der Waals surface area contributed by atoms with Crippen molar-refractivity contribution in [2.45, 2.75) is 13.3 Å². The minimum Gasteiger partial charge on any atom is -0.379 e. The van der Waals surface area contributed by atoms with Crippen LogP contribution in [0.15, 0.2) is 18.3 Å². The molecule has 1 saturated heterocycles. The summed E-state index contributed by atoms with van der Waals surface area (Å²) in [6.45, 7) is 6.11. The fourth-order valence-electron chi connectivity index (χ4n) is 1.89. The second-order valence-corrected chi connectivity index (χ2v) is 4.47. The summed E-state index contributed by atoms with van der Waals surface area (Å²) in [4.78, 5) is 18.1. The van der Waals surface area contributed by atoms with E-state index in [0.29, 0.717) is 12.2 Å². The van der Waals surface area contributed by atoms with E-state index in [9.17, 15) is 4.79 Å². The molecule has 5 heteroatoms. The number of anilines is 1. The van der Waals surface area contributed by atoms with Crippen LogP contribution in [-0.4, -0.2) is 48.6 Å². The number of rotatable bonds is 4. The van der Waals surface area contributed by atoms with Gasteiger partial charge >= 0.3 is 0 Å². The minimum atomic E-state index is 0.0135. The van der Waals surface area contributed by atoms with Gasteiger partial charge in [0.05, 0.1) is 13.2 Å². The van der Waals surface area contributed by atoms with Gasteiger partial charge in [-0.2, -0.15) is 0 Å². The first-order valence-corrected chi connectivity index (χ1v) is 6.26. The maximum atomic E-state index is 11.8. The van der Waals surface area contributed by atoms with Gasteiger partial charge in [-0.1, -0.05) is 0 Å². The van der Waals surface area contributed by atoms with Crippen LogP contribution >= 0.6 is 0 Å². The molecule has 0 spiro atoms. The second-order valence-electron chi connectivity index (χ2n) is 4.47. The third kappa shape index (κ3) is 4.09. The first-order chi connectivity index (χ1) is 8.74. The number of morpholine rings is 1.